The van der Waals surface area contributed by atoms with Crippen molar-refractivity contribution in [1.29, 1.82) is 0 Å². The number of nitrogens with one attached hydrogen (secondary N) is 1. The Morgan fingerprint density at radius 3 is 2.79 bits per heavy atom. The molecule has 4 nitrogen and oxygen atoms in total. The van der Waals surface area contributed by atoms with Crippen molar-refractivity contribution in [3.05, 3.63) is 54.2 Å². The molecule has 3 rings (SSSR count). The number of likely N-dealkylation sites (N-methyl/N-ethyl adjacent to an activating group) is 1. The number of hydrogen-bond acceptors (Lipinski definition) is 3. The molecule has 1 amide bonds. The van der Waals surface area contributed by atoms with Gasteiger partial charge in [-0.25, -0.2) is 4.98 Å². The molecule has 19 heavy (non-hydrogen) atoms. The number of carbonyl (C=O) groups excluding carboxylic acids is 1. The van der Waals surface area contributed by atoms with E-state index in [9.17, 15) is 4.79 Å². The third-order valence-corrected chi connectivity index (χ3v) is 3.39. The van der Waals surface area contributed by atoms with Gasteiger partial charge in [0.2, 0.25) is 0 Å². The fourth-order valence-electron chi connectivity index (χ4n) is 2.35. The molecular formula is C15H15N3O. The summed E-state index contributed by atoms with van der Waals surface area (Å²) >= 11 is 0. The quantitative estimate of drug-likeness (QED) is 0.891. The van der Waals surface area contributed by atoms with Crippen LogP contribution in [-0.2, 0) is 11.2 Å². The second-order valence-electron chi connectivity index (χ2n) is 4.64. The highest BCUT2D eigenvalue weighted by Crippen LogP contribution is 2.26. The molecule has 0 saturated carbocycles. The summed E-state index contributed by atoms with van der Waals surface area (Å²) in [5, 5.41) is 3.27. The summed E-state index contributed by atoms with van der Waals surface area (Å²) in [7, 11) is 1.76. The largest absolute Gasteiger partial charge is 0.373 e. The van der Waals surface area contributed by atoms with E-state index in [0.717, 1.165) is 12.1 Å². The molecule has 0 bridgehead atoms. The SMILES string of the molecule is CN(C(=O)[C@@H]1Cc2ccccc2N1)c1ccccn1. The number of amides is 1. The number of hydrogen-bond donors (Lipinski definition) is 1. The van der Waals surface area contributed by atoms with Crippen LogP contribution in [0.3, 0.4) is 0 Å². The number of fused-ring (bicyclic) bond motifs is 1. The molecule has 2 aromatic rings. The van der Waals surface area contributed by atoms with E-state index in [1.54, 1.807) is 18.1 Å². The van der Waals surface area contributed by atoms with Gasteiger partial charge in [-0.05, 0) is 23.8 Å². The van der Waals surface area contributed by atoms with Crippen LogP contribution >= 0.6 is 0 Å². The van der Waals surface area contributed by atoms with E-state index in [1.807, 2.05) is 36.4 Å². The summed E-state index contributed by atoms with van der Waals surface area (Å²) in [6.07, 6.45) is 2.42. The number of carbonyl (C=O) groups is 1. The van der Waals surface area contributed by atoms with Crippen LogP contribution in [0.15, 0.2) is 48.7 Å². The maximum Gasteiger partial charge on any atom is 0.250 e. The average molecular weight is 253 g/mol. The minimum Gasteiger partial charge on any atom is -0.373 e. The van der Waals surface area contributed by atoms with Gasteiger partial charge in [-0.2, -0.15) is 0 Å². The molecule has 1 aliphatic heterocycles. The van der Waals surface area contributed by atoms with Crippen molar-refractivity contribution in [3.8, 4) is 0 Å². The van der Waals surface area contributed by atoms with Gasteiger partial charge in [0.05, 0.1) is 0 Å². The fourth-order valence-corrected chi connectivity index (χ4v) is 2.35. The number of aromatic nitrogens is 1. The van der Waals surface area contributed by atoms with E-state index in [0.29, 0.717) is 5.82 Å². The molecule has 0 aliphatic carbocycles. The minimum atomic E-state index is -0.204. The predicted octanol–water partition coefficient (Wildman–Crippen LogP) is 2.08. The summed E-state index contributed by atoms with van der Waals surface area (Å²) < 4.78 is 0. The molecular weight excluding hydrogens is 238 g/mol. The zero-order chi connectivity index (χ0) is 13.2. The van der Waals surface area contributed by atoms with E-state index in [4.69, 9.17) is 0 Å². The second-order valence-corrected chi connectivity index (χ2v) is 4.64. The molecule has 1 N–H and O–H groups in total. The maximum absolute atomic E-state index is 12.4. The summed E-state index contributed by atoms with van der Waals surface area (Å²) in [4.78, 5) is 18.2. The first kappa shape index (κ1) is 11.7. The Bertz CT molecular complexity index is 572. The van der Waals surface area contributed by atoms with Crippen LogP contribution in [-0.4, -0.2) is 24.0 Å². The van der Waals surface area contributed by atoms with Crippen molar-refractivity contribution in [2.75, 3.05) is 17.3 Å². The first-order valence-electron chi connectivity index (χ1n) is 6.29. The Morgan fingerprint density at radius 1 is 1.26 bits per heavy atom. The summed E-state index contributed by atoms with van der Waals surface area (Å²) in [5.74, 6) is 0.708. The van der Waals surface area contributed by atoms with Crippen LogP contribution in [0.5, 0.6) is 0 Å². The van der Waals surface area contributed by atoms with Crippen LogP contribution in [0.4, 0.5) is 11.5 Å². The molecule has 0 saturated heterocycles. The number of benzene rings is 1. The van der Waals surface area contributed by atoms with Crippen LogP contribution in [0, 0.1) is 0 Å². The molecule has 0 radical (unpaired) electrons. The Kier molecular flexibility index (Phi) is 2.91. The molecule has 2 heterocycles. The molecule has 0 fully saturated rings. The van der Waals surface area contributed by atoms with Crippen LogP contribution in [0.25, 0.3) is 0 Å². The number of pyridine rings is 1. The third kappa shape index (κ3) is 2.17. The van der Waals surface area contributed by atoms with Gasteiger partial charge in [-0.1, -0.05) is 24.3 Å². The highest BCUT2D eigenvalue weighted by Gasteiger charge is 2.29. The first-order chi connectivity index (χ1) is 9.25. The van der Waals surface area contributed by atoms with Crippen molar-refractivity contribution >= 4 is 17.4 Å². The van der Waals surface area contributed by atoms with Crippen LogP contribution in [0.1, 0.15) is 5.56 Å². The van der Waals surface area contributed by atoms with E-state index >= 15 is 0 Å². The van der Waals surface area contributed by atoms with Crippen LogP contribution < -0.4 is 10.2 Å². The smallest absolute Gasteiger partial charge is 0.250 e. The number of rotatable bonds is 2. The van der Waals surface area contributed by atoms with E-state index in [2.05, 4.69) is 16.4 Å². The maximum atomic E-state index is 12.4. The number of anilines is 2. The van der Waals surface area contributed by atoms with Crippen molar-refractivity contribution in [2.24, 2.45) is 0 Å². The van der Waals surface area contributed by atoms with Crippen molar-refractivity contribution in [3.63, 3.8) is 0 Å². The number of nitrogens with zero attached hydrogens (tertiary/aromatic N) is 2. The van der Waals surface area contributed by atoms with Crippen LogP contribution in [0.2, 0.25) is 0 Å². The predicted molar refractivity (Wildman–Crippen MR) is 75.2 cm³/mol. The lowest BCUT2D eigenvalue weighted by molar-refractivity contribution is -0.118. The van der Waals surface area contributed by atoms with E-state index in [-0.39, 0.29) is 11.9 Å². The lowest BCUT2D eigenvalue weighted by Crippen LogP contribution is -2.40. The monoisotopic (exact) mass is 253 g/mol. The molecule has 1 aromatic carbocycles. The van der Waals surface area contributed by atoms with Gasteiger partial charge in [-0.15, -0.1) is 0 Å². The molecule has 1 atom stereocenters. The molecule has 1 aromatic heterocycles. The van der Waals surface area contributed by atoms with Gasteiger partial charge in [0.15, 0.2) is 0 Å². The fraction of sp³-hybridized carbons (Fsp3) is 0.200. The molecule has 96 valence electrons. The number of para-hydroxylation sites is 1. The standard InChI is InChI=1S/C15H15N3O/c1-18(14-8-4-5-9-16-14)15(19)13-10-11-6-2-3-7-12(11)17-13/h2-9,13,17H,10H2,1H3/t13-/m0/s1. The normalized spacial score (nSPS) is 16.6. The van der Waals surface area contributed by atoms with Crippen molar-refractivity contribution in [2.45, 2.75) is 12.5 Å². The summed E-state index contributed by atoms with van der Waals surface area (Å²) in [6.45, 7) is 0. The molecule has 1 aliphatic rings. The molecule has 0 unspecified atom stereocenters. The lowest BCUT2D eigenvalue weighted by atomic mass is 10.1. The van der Waals surface area contributed by atoms with Gasteiger partial charge in [-0.3, -0.25) is 9.69 Å². The first-order valence-corrected chi connectivity index (χ1v) is 6.29. The Labute approximate surface area is 112 Å². The molecule has 0 spiro atoms. The molecule has 4 heteroatoms. The second kappa shape index (κ2) is 4.72. The highest BCUT2D eigenvalue weighted by molar-refractivity contribution is 5.98. The zero-order valence-electron chi connectivity index (χ0n) is 10.7. The summed E-state index contributed by atoms with van der Waals surface area (Å²) in [5.41, 5.74) is 2.24. The average Bonchev–Trinajstić information content (AvgIpc) is 2.90. The zero-order valence-corrected chi connectivity index (χ0v) is 10.7. The Hall–Kier alpha value is -2.36. The minimum absolute atomic E-state index is 0.0369. The summed E-state index contributed by atoms with van der Waals surface area (Å²) in [6, 6.07) is 13.4. The van der Waals surface area contributed by atoms with Gasteiger partial charge >= 0.3 is 0 Å². The van der Waals surface area contributed by atoms with E-state index in [1.165, 1.54) is 5.56 Å². The topological polar surface area (TPSA) is 45.2 Å². The van der Waals surface area contributed by atoms with Gasteiger partial charge in [0.25, 0.3) is 5.91 Å². The Morgan fingerprint density at radius 2 is 2.05 bits per heavy atom. The van der Waals surface area contributed by atoms with E-state index < -0.39 is 0 Å². The van der Waals surface area contributed by atoms with Crippen molar-refractivity contribution in [1.82, 2.24) is 4.98 Å². The highest BCUT2D eigenvalue weighted by atomic mass is 16.2. The third-order valence-electron chi connectivity index (χ3n) is 3.39. The van der Waals surface area contributed by atoms with Crippen molar-refractivity contribution < 1.29 is 4.79 Å². The van der Waals surface area contributed by atoms with Gasteiger partial charge in [0, 0.05) is 25.4 Å². The Balaban J connectivity index is 1.77. The van der Waals surface area contributed by atoms with Gasteiger partial charge < -0.3 is 5.32 Å². The lowest BCUT2D eigenvalue weighted by Gasteiger charge is -2.20. The van der Waals surface area contributed by atoms with Gasteiger partial charge in [0.1, 0.15) is 11.9 Å².